The van der Waals surface area contributed by atoms with E-state index in [1.807, 2.05) is 0 Å². The molecule has 0 unspecified atom stereocenters. The van der Waals surface area contributed by atoms with Crippen LogP contribution in [-0.4, -0.2) is 41.1 Å². The zero-order chi connectivity index (χ0) is 25.0. The molecule has 2 saturated carbocycles. The average Bonchev–Trinajstić information content (AvgIpc) is 3.44. The molecule has 3 aliphatic rings. The van der Waals surface area contributed by atoms with Gasteiger partial charge in [-0.3, -0.25) is 19.3 Å². The summed E-state index contributed by atoms with van der Waals surface area (Å²) in [7, 11) is 0. The van der Waals surface area contributed by atoms with Crippen LogP contribution < -0.4 is 10.2 Å². The minimum Gasteiger partial charge on any atom is -0.452 e. The van der Waals surface area contributed by atoms with E-state index in [0.717, 1.165) is 4.90 Å². The molecule has 3 amide bonds. The second-order valence-electron chi connectivity index (χ2n) is 8.81. The number of carbonyl (C=O) groups is 4. The van der Waals surface area contributed by atoms with E-state index >= 15 is 0 Å². The lowest BCUT2D eigenvalue weighted by atomic mass is 9.80. The minimum absolute atomic E-state index is 0.0853. The third kappa shape index (κ3) is 4.18. The second kappa shape index (κ2) is 9.28. The standard InChI is InChI=1S/C24H18Cl4N2O5/c25-11-4-5-15(26)16(7-11)29-17(31)9-35-24(34)10-2-1-3-12(6-10)30-22(32)18-13-8-14(19(18)23(30)33)21(28)20(13)27/h1-7,13-14,18-21H,8-9H2,(H,29,31)/t13-,14-,18-,19-,20+,21+/m1/s1. The summed E-state index contributed by atoms with van der Waals surface area (Å²) >= 11 is 24.7. The number of anilines is 2. The molecule has 0 spiro atoms. The Labute approximate surface area is 220 Å². The smallest absolute Gasteiger partial charge is 0.338 e. The van der Waals surface area contributed by atoms with E-state index in [4.69, 9.17) is 51.1 Å². The van der Waals surface area contributed by atoms with Crippen LogP contribution in [0, 0.1) is 23.7 Å². The number of hydrogen-bond donors (Lipinski definition) is 1. The lowest BCUT2D eigenvalue weighted by Crippen LogP contribution is -2.37. The van der Waals surface area contributed by atoms with Gasteiger partial charge in [0.25, 0.3) is 5.91 Å². The van der Waals surface area contributed by atoms with Crippen LogP contribution >= 0.6 is 46.4 Å². The number of halogens is 4. The van der Waals surface area contributed by atoms with Crippen molar-refractivity contribution >= 4 is 81.5 Å². The van der Waals surface area contributed by atoms with Gasteiger partial charge in [-0.2, -0.15) is 0 Å². The van der Waals surface area contributed by atoms with Gasteiger partial charge in [0.2, 0.25) is 11.8 Å². The Hall–Kier alpha value is -2.32. The highest BCUT2D eigenvalue weighted by Gasteiger charge is 2.66. The number of benzene rings is 2. The molecule has 35 heavy (non-hydrogen) atoms. The summed E-state index contributed by atoms with van der Waals surface area (Å²) < 4.78 is 5.10. The Morgan fingerprint density at radius 1 is 0.971 bits per heavy atom. The van der Waals surface area contributed by atoms with E-state index in [-0.39, 0.29) is 56.4 Å². The van der Waals surface area contributed by atoms with Gasteiger partial charge in [-0.1, -0.05) is 29.3 Å². The first-order chi connectivity index (χ1) is 16.7. The number of fused-ring (bicyclic) bond motifs is 5. The molecule has 6 atom stereocenters. The van der Waals surface area contributed by atoms with Crippen LogP contribution in [0.15, 0.2) is 42.5 Å². The predicted octanol–water partition coefficient (Wildman–Crippen LogP) is 4.76. The van der Waals surface area contributed by atoms with Crippen molar-refractivity contribution in [3.63, 3.8) is 0 Å². The first kappa shape index (κ1) is 24.4. The zero-order valence-corrected chi connectivity index (χ0v) is 20.9. The average molecular weight is 556 g/mol. The number of amides is 3. The van der Waals surface area contributed by atoms with Gasteiger partial charge in [-0.15, -0.1) is 23.2 Å². The third-order valence-corrected chi connectivity index (χ3v) is 8.75. The van der Waals surface area contributed by atoms with Crippen molar-refractivity contribution in [2.75, 3.05) is 16.8 Å². The molecule has 2 bridgehead atoms. The van der Waals surface area contributed by atoms with Crippen molar-refractivity contribution in [1.29, 1.82) is 0 Å². The van der Waals surface area contributed by atoms with Crippen molar-refractivity contribution in [2.24, 2.45) is 23.7 Å². The number of rotatable bonds is 5. The molecule has 0 radical (unpaired) electrons. The van der Waals surface area contributed by atoms with Gasteiger partial charge in [0.15, 0.2) is 6.61 Å². The molecule has 11 heteroatoms. The Morgan fingerprint density at radius 2 is 1.63 bits per heavy atom. The van der Waals surface area contributed by atoms with E-state index < -0.39 is 30.3 Å². The number of esters is 1. The second-order valence-corrected chi connectivity index (χ2v) is 10.7. The summed E-state index contributed by atoms with van der Waals surface area (Å²) in [6.45, 7) is -0.574. The number of imide groups is 1. The fourth-order valence-electron chi connectivity index (χ4n) is 5.37. The highest BCUT2D eigenvalue weighted by molar-refractivity contribution is 6.35. The lowest BCUT2D eigenvalue weighted by Gasteiger charge is -2.28. The van der Waals surface area contributed by atoms with Crippen molar-refractivity contribution in [3.8, 4) is 0 Å². The van der Waals surface area contributed by atoms with Gasteiger partial charge in [-0.05, 0) is 54.7 Å². The molecule has 2 aromatic carbocycles. The topological polar surface area (TPSA) is 92.8 Å². The number of carbonyl (C=O) groups excluding carboxylic acids is 4. The van der Waals surface area contributed by atoms with E-state index in [1.165, 1.54) is 30.3 Å². The molecule has 1 N–H and O–H groups in total. The largest absolute Gasteiger partial charge is 0.452 e. The quantitative estimate of drug-likeness (QED) is 0.326. The summed E-state index contributed by atoms with van der Waals surface area (Å²) in [4.78, 5) is 52.2. The maximum absolute atomic E-state index is 13.2. The van der Waals surface area contributed by atoms with Gasteiger partial charge >= 0.3 is 5.97 Å². The van der Waals surface area contributed by atoms with Crippen LogP contribution in [0.5, 0.6) is 0 Å². The lowest BCUT2D eigenvalue weighted by molar-refractivity contribution is -0.123. The van der Waals surface area contributed by atoms with Crippen LogP contribution in [0.3, 0.4) is 0 Å². The molecule has 0 aromatic heterocycles. The minimum atomic E-state index is -0.791. The van der Waals surface area contributed by atoms with Gasteiger partial charge < -0.3 is 10.1 Å². The van der Waals surface area contributed by atoms with Gasteiger partial charge in [-0.25, -0.2) is 4.79 Å². The van der Waals surface area contributed by atoms with E-state index in [1.54, 1.807) is 12.1 Å². The van der Waals surface area contributed by atoms with E-state index in [2.05, 4.69) is 5.32 Å². The van der Waals surface area contributed by atoms with E-state index in [0.29, 0.717) is 11.4 Å². The van der Waals surface area contributed by atoms with Crippen LogP contribution in [-0.2, 0) is 19.1 Å². The number of alkyl halides is 2. The van der Waals surface area contributed by atoms with Crippen LogP contribution in [0.1, 0.15) is 16.8 Å². The zero-order valence-electron chi connectivity index (χ0n) is 17.9. The molecule has 1 aliphatic heterocycles. The molecule has 182 valence electrons. The summed E-state index contributed by atoms with van der Waals surface area (Å²) in [5.41, 5.74) is 0.629. The fourth-order valence-corrected chi connectivity index (χ4v) is 6.60. The Kier molecular flexibility index (Phi) is 6.46. The predicted molar refractivity (Wildman–Crippen MR) is 132 cm³/mol. The molecule has 7 nitrogen and oxygen atoms in total. The molecular formula is C24H18Cl4N2O5. The van der Waals surface area contributed by atoms with Crippen LogP contribution in [0.4, 0.5) is 11.4 Å². The van der Waals surface area contributed by atoms with Crippen molar-refractivity contribution in [3.05, 3.63) is 58.1 Å². The molecule has 2 aromatic rings. The molecule has 1 heterocycles. The highest BCUT2D eigenvalue weighted by atomic mass is 35.5. The fraction of sp³-hybridized carbons (Fsp3) is 0.333. The molecule has 2 aliphatic carbocycles. The monoisotopic (exact) mass is 554 g/mol. The SMILES string of the molecule is O=C(COC(=O)c1cccc(N2C(=O)[C@@H]3[C@H]4C[C@@H]([C@H](Cl)[C@H]4Cl)[C@H]3C2=O)c1)Nc1cc(Cl)ccc1Cl. The van der Waals surface area contributed by atoms with Crippen molar-refractivity contribution in [1.82, 2.24) is 0 Å². The van der Waals surface area contributed by atoms with Gasteiger partial charge in [0.1, 0.15) is 0 Å². The first-order valence-electron chi connectivity index (χ1n) is 10.9. The van der Waals surface area contributed by atoms with Crippen molar-refractivity contribution < 1.29 is 23.9 Å². The first-order valence-corrected chi connectivity index (χ1v) is 12.5. The van der Waals surface area contributed by atoms with Crippen LogP contribution in [0.2, 0.25) is 10.0 Å². The summed E-state index contributed by atoms with van der Waals surface area (Å²) in [6.07, 6.45) is 0.664. The summed E-state index contributed by atoms with van der Waals surface area (Å²) in [5, 5.41) is 2.47. The number of hydrogen-bond acceptors (Lipinski definition) is 5. The molecular weight excluding hydrogens is 538 g/mol. The summed E-state index contributed by atoms with van der Waals surface area (Å²) in [5.74, 6) is -3.34. The third-order valence-electron chi connectivity index (χ3n) is 6.86. The Bertz CT molecular complexity index is 1220. The normalized spacial score (nSPS) is 28.9. The van der Waals surface area contributed by atoms with Crippen molar-refractivity contribution in [2.45, 2.75) is 17.2 Å². The molecule has 5 rings (SSSR count). The Balaban J connectivity index is 1.27. The maximum Gasteiger partial charge on any atom is 0.338 e. The number of nitrogens with one attached hydrogen (secondary N) is 1. The molecule has 3 fully saturated rings. The number of ether oxygens (including phenoxy) is 1. The van der Waals surface area contributed by atoms with Crippen LogP contribution in [0.25, 0.3) is 0 Å². The van der Waals surface area contributed by atoms with Gasteiger partial charge in [0, 0.05) is 5.02 Å². The van der Waals surface area contributed by atoms with E-state index in [9.17, 15) is 19.2 Å². The highest BCUT2D eigenvalue weighted by Crippen LogP contribution is 2.59. The summed E-state index contributed by atoms with van der Waals surface area (Å²) in [6, 6.07) is 10.5. The number of nitrogens with zero attached hydrogens (tertiary/aromatic N) is 1. The molecule has 1 saturated heterocycles. The Morgan fingerprint density at radius 3 is 2.29 bits per heavy atom. The maximum atomic E-state index is 13.2. The van der Waals surface area contributed by atoms with Gasteiger partial charge in [0.05, 0.1) is 44.6 Å².